The molecule has 5 rings (SSSR count). The van der Waals surface area contributed by atoms with Gasteiger partial charge in [0, 0.05) is 42.1 Å². The number of hydrogen-bond acceptors (Lipinski definition) is 5. The van der Waals surface area contributed by atoms with Gasteiger partial charge in [-0.3, -0.25) is 14.6 Å². The van der Waals surface area contributed by atoms with Gasteiger partial charge >= 0.3 is 5.97 Å². The summed E-state index contributed by atoms with van der Waals surface area (Å²) in [7, 11) is 1.33. The van der Waals surface area contributed by atoms with E-state index >= 15 is 0 Å². The van der Waals surface area contributed by atoms with Crippen LogP contribution in [0.4, 0.5) is 5.69 Å². The van der Waals surface area contributed by atoms with Crippen molar-refractivity contribution < 1.29 is 14.3 Å². The first-order valence-electron chi connectivity index (χ1n) is 12.3. The van der Waals surface area contributed by atoms with E-state index in [1.807, 2.05) is 42.5 Å². The van der Waals surface area contributed by atoms with Crippen molar-refractivity contribution in [3.05, 3.63) is 101 Å². The Morgan fingerprint density at radius 2 is 1.57 bits per heavy atom. The highest BCUT2D eigenvalue weighted by Gasteiger charge is 2.28. The summed E-state index contributed by atoms with van der Waals surface area (Å²) in [5.41, 5.74) is 3.89. The molecule has 0 radical (unpaired) electrons. The summed E-state index contributed by atoms with van der Waals surface area (Å²) >= 11 is 6.15. The Morgan fingerprint density at radius 3 is 2.27 bits per heavy atom. The Balaban J connectivity index is 1.26. The van der Waals surface area contributed by atoms with Crippen LogP contribution in [0.15, 0.2) is 78.9 Å². The fraction of sp³-hybridized carbons (Fsp3) is 0.241. The van der Waals surface area contributed by atoms with Gasteiger partial charge in [0.2, 0.25) is 5.91 Å². The largest absolute Gasteiger partial charge is 0.464 e. The second kappa shape index (κ2) is 11.2. The molecule has 0 saturated carbocycles. The molecule has 1 aliphatic heterocycles. The summed E-state index contributed by atoms with van der Waals surface area (Å²) in [6, 6.07) is 26.1. The fourth-order valence-electron chi connectivity index (χ4n) is 4.98. The molecule has 1 fully saturated rings. The van der Waals surface area contributed by atoms with E-state index in [1.165, 1.54) is 18.2 Å². The molecular weight excluding hydrogens is 488 g/mol. The van der Waals surface area contributed by atoms with Crippen molar-refractivity contribution in [3.63, 3.8) is 0 Å². The number of halogens is 1. The second-order valence-electron chi connectivity index (χ2n) is 9.14. The maximum absolute atomic E-state index is 13.0. The number of piperazine rings is 1. The number of carbonyl (C=O) groups is 2. The van der Waals surface area contributed by atoms with Crippen LogP contribution in [0.3, 0.4) is 0 Å². The van der Waals surface area contributed by atoms with Gasteiger partial charge in [0.15, 0.2) is 0 Å². The van der Waals surface area contributed by atoms with Crippen LogP contribution >= 0.6 is 11.6 Å². The second-order valence-corrected chi connectivity index (χ2v) is 9.57. The standard InChI is InChI=1S/C29H29ClN4O3/c1-37-29(36)27-26(23-9-5-6-10-24(23)31-27)32-25(35)19-33-15-17-34(18-16-33)28(20-7-3-2-4-8-20)21-11-13-22(30)14-12-21/h2-14,28,31H,15-19H2,1H3,(H,32,35)/t28-/m0/s1. The number of nitrogens with one attached hydrogen (secondary N) is 2. The average Bonchev–Trinajstić information content (AvgIpc) is 3.29. The van der Waals surface area contributed by atoms with E-state index in [0.717, 1.165) is 42.1 Å². The smallest absolute Gasteiger partial charge is 0.356 e. The van der Waals surface area contributed by atoms with Crippen LogP contribution in [0.25, 0.3) is 10.9 Å². The molecule has 0 spiro atoms. The number of nitrogens with zero attached hydrogens (tertiary/aromatic N) is 2. The number of aromatic amines is 1. The van der Waals surface area contributed by atoms with Gasteiger partial charge in [-0.2, -0.15) is 0 Å². The number of para-hydroxylation sites is 1. The predicted molar refractivity (Wildman–Crippen MR) is 146 cm³/mol. The number of hydrogen-bond donors (Lipinski definition) is 2. The minimum atomic E-state index is -0.519. The zero-order chi connectivity index (χ0) is 25.8. The maximum atomic E-state index is 13.0. The zero-order valence-corrected chi connectivity index (χ0v) is 21.4. The third-order valence-electron chi connectivity index (χ3n) is 6.80. The summed E-state index contributed by atoms with van der Waals surface area (Å²) in [4.78, 5) is 33.0. The quantitative estimate of drug-likeness (QED) is 0.340. The lowest BCUT2D eigenvalue weighted by atomic mass is 9.96. The third kappa shape index (κ3) is 5.54. The number of rotatable bonds is 7. The number of aromatic nitrogens is 1. The number of ether oxygens (including phenoxy) is 1. The van der Waals surface area contributed by atoms with E-state index in [4.69, 9.17) is 16.3 Å². The van der Waals surface area contributed by atoms with Gasteiger partial charge in [-0.1, -0.05) is 72.3 Å². The highest BCUT2D eigenvalue weighted by atomic mass is 35.5. The fourth-order valence-corrected chi connectivity index (χ4v) is 5.11. The van der Waals surface area contributed by atoms with Crippen LogP contribution in [0, 0.1) is 0 Å². The summed E-state index contributed by atoms with van der Waals surface area (Å²) in [6.07, 6.45) is 0. The number of carbonyl (C=O) groups excluding carboxylic acids is 2. The first kappa shape index (κ1) is 25.0. The van der Waals surface area contributed by atoms with Crippen molar-refractivity contribution in [2.45, 2.75) is 6.04 Å². The molecule has 4 aromatic rings. The van der Waals surface area contributed by atoms with Crippen molar-refractivity contribution in [1.29, 1.82) is 0 Å². The van der Waals surface area contributed by atoms with Crippen LogP contribution in [0.2, 0.25) is 5.02 Å². The molecule has 1 aliphatic rings. The molecule has 1 amide bonds. The molecule has 1 atom stereocenters. The number of fused-ring (bicyclic) bond motifs is 1. The van der Waals surface area contributed by atoms with Crippen LogP contribution < -0.4 is 5.32 Å². The topological polar surface area (TPSA) is 77.7 Å². The number of anilines is 1. The first-order chi connectivity index (χ1) is 18.0. The van der Waals surface area contributed by atoms with Crippen LogP contribution in [0.1, 0.15) is 27.7 Å². The Kier molecular flexibility index (Phi) is 7.55. The lowest BCUT2D eigenvalue weighted by Gasteiger charge is -2.39. The minimum Gasteiger partial charge on any atom is -0.464 e. The van der Waals surface area contributed by atoms with E-state index in [-0.39, 0.29) is 24.2 Å². The van der Waals surface area contributed by atoms with Crippen LogP contribution in [0.5, 0.6) is 0 Å². The molecule has 0 unspecified atom stereocenters. The van der Waals surface area contributed by atoms with Crippen LogP contribution in [-0.2, 0) is 9.53 Å². The zero-order valence-electron chi connectivity index (χ0n) is 20.6. The molecule has 2 heterocycles. The Labute approximate surface area is 221 Å². The van der Waals surface area contributed by atoms with Gasteiger partial charge in [-0.15, -0.1) is 0 Å². The first-order valence-corrected chi connectivity index (χ1v) is 12.7. The third-order valence-corrected chi connectivity index (χ3v) is 7.05. The van der Waals surface area contributed by atoms with E-state index in [2.05, 4.69) is 56.5 Å². The minimum absolute atomic E-state index is 0.114. The molecular formula is C29H29ClN4O3. The van der Waals surface area contributed by atoms with E-state index in [1.54, 1.807) is 0 Å². The van der Waals surface area contributed by atoms with E-state index in [0.29, 0.717) is 5.69 Å². The highest BCUT2D eigenvalue weighted by Crippen LogP contribution is 2.31. The van der Waals surface area contributed by atoms with Gasteiger partial charge in [0.05, 0.1) is 25.4 Å². The van der Waals surface area contributed by atoms with Crippen molar-refractivity contribution in [2.75, 3.05) is 45.2 Å². The summed E-state index contributed by atoms with van der Waals surface area (Å²) in [6.45, 7) is 3.38. The van der Waals surface area contributed by atoms with E-state index < -0.39 is 5.97 Å². The Hall–Kier alpha value is -3.65. The van der Waals surface area contributed by atoms with Gasteiger partial charge < -0.3 is 15.0 Å². The molecule has 0 bridgehead atoms. The summed E-state index contributed by atoms with van der Waals surface area (Å²) in [5, 5.41) is 4.44. The molecule has 7 nitrogen and oxygen atoms in total. The summed E-state index contributed by atoms with van der Waals surface area (Å²) < 4.78 is 4.91. The van der Waals surface area contributed by atoms with Crippen LogP contribution in [-0.4, -0.2) is 66.5 Å². The normalized spacial score (nSPS) is 15.4. The number of amides is 1. The Bertz CT molecular complexity index is 1380. The van der Waals surface area contributed by atoms with Gasteiger partial charge in [0.1, 0.15) is 5.69 Å². The molecule has 2 N–H and O–H groups in total. The van der Waals surface area contributed by atoms with Gasteiger partial charge in [0.25, 0.3) is 0 Å². The van der Waals surface area contributed by atoms with Gasteiger partial charge in [-0.05, 0) is 29.3 Å². The molecule has 8 heteroatoms. The highest BCUT2D eigenvalue weighted by molar-refractivity contribution is 6.30. The number of esters is 1. The molecule has 37 heavy (non-hydrogen) atoms. The molecule has 3 aromatic carbocycles. The molecule has 1 saturated heterocycles. The van der Waals surface area contributed by atoms with Crippen molar-refractivity contribution in [1.82, 2.24) is 14.8 Å². The molecule has 1 aromatic heterocycles. The summed E-state index contributed by atoms with van der Waals surface area (Å²) in [5.74, 6) is -0.685. The van der Waals surface area contributed by atoms with E-state index in [9.17, 15) is 9.59 Å². The van der Waals surface area contributed by atoms with Crippen molar-refractivity contribution >= 4 is 40.1 Å². The number of methoxy groups -OCH3 is 1. The molecule has 190 valence electrons. The SMILES string of the molecule is COC(=O)c1[nH]c2ccccc2c1NC(=O)CN1CCN([C@@H](c2ccccc2)c2ccc(Cl)cc2)CC1. The lowest BCUT2D eigenvalue weighted by Crippen LogP contribution is -2.49. The molecule has 0 aliphatic carbocycles. The number of H-pyrrole nitrogens is 1. The van der Waals surface area contributed by atoms with Crippen molar-refractivity contribution in [3.8, 4) is 0 Å². The number of benzene rings is 3. The van der Waals surface area contributed by atoms with Crippen molar-refractivity contribution in [2.24, 2.45) is 0 Å². The van der Waals surface area contributed by atoms with Gasteiger partial charge in [-0.25, -0.2) is 4.79 Å². The average molecular weight is 517 g/mol. The predicted octanol–water partition coefficient (Wildman–Crippen LogP) is 4.95. The monoisotopic (exact) mass is 516 g/mol. The lowest BCUT2D eigenvalue weighted by molar-refractivity contribution is -0.117. The Morgan fingerprint density at radius 1 is 0.919 bits per heavy atom. The maximum Gasteiger partial charge on any atom is 0.356 e.